The van der Waals surface area contributed by atoms with Crippen LogP contribution in [0, 0.1) is 6.92 Å². The number of carbonyl (C=O) groups is 2. The molecule has 2 N–H and O–H groups in total. The third-order valence-corrected chi connectivity index (χ3v) is 5.12. The van der Waals surface area contributed by atoms with E-state index in [1.807, 2.05) is 18.2 Å². The molecule has 1 heterocycles. The summed E-state index contributed by atoms with van der Waals surface area (Å²) < 4.78 is 4.92. The van der Waals surface area contributed by atoms with Crippen LogP contribution in [0.4, 0.5) is 11.5 Å². The molecule has 0 spiro atoms. The van der Waals surface area contributed by atoms with Crippen molar-refractivity contribution in [3.05, 3.63) is 41.2 Å². The number of para-hydroxylation sites is 1. The molecule has 0 fully saturated rings. The largest absolute Gasteiger partial charge is 0.360 e. The first-order valence-electron chi connectivity index (χ1n) is 8.71. The summed E-state index contributed by atoms with van der Waals surface area (Å²) in [4.78, 5) is 24.5. The van der Waals surface area contributed by atoms with Crippen molar-refractivity contribution in [1.82, 2.24) is 5.16 Å². The number of aryl methyl sites for hydroxylation is 3. The van der Waals surface area contributed by atoms with Gasteiger partial charge in [0, 0.05) is 11.8 Å². The number of anilines is 2. The monoisotopic (exact) mass is 375 g/mol. The van der Waals surface area contributed by atoms with E-state index in [-0.39, 0.29) is 22.8 Å². The maximum atomic E-state index is 12.3. The number of carbonyl (C=O) groups excluding carboxylic acids is 2. The lowest BCUT2D eigenvalue weighted by molar-refractivity contribution is -0.115. The molecule has 2 aromatic rings. The zero-order chi connectivity index (χ0) is 19.1. The number of hydrogen-bond donors (Lipinski definition) is 2. The predicted molar refractivity (Wildman–Crippen MR) is 106 cm³/mol. The summed E-state index contributed by atoms with van der Waals surface area (Å²) >= 11 is 1.28. The average Bonchev–Trinajstić information content (AvgIpc) is 3.04. The van der Waals surface area contributed by atoms with Gasteiger partial charge in [-0.15, -0.1) is 11.8 Å². The van der Waals surface area contributed by atoms with E-state index < -0.39 is 0 Å². The van der Waals surface area contributed by atoms with Crippen molar-refractivity contribution in [2.45, 2.75) is 45.8 Å². The van der Waals surface area contributed by atoms with Crippen molar-refractivity contribution in [2.75, 3.05) is 16.4 Å². The summed E-state index contributed by atoms with van der Waals surface area (Å²) in [5, 5.41) is 9.03. The molecule has 0 aliphatic heterocycles. The highest BCUT2D eigenvalue weighted by molar-refractivity contribution is 8.01. The Labute approximate surface area is 158 Å². The van der Waals surface area contributed by atoms with Gasteiger partial charge in [0.2, 0.25) is 11.8 Å². The summed E-state index contributed by atoms with van der Waals surface area (Å²) in [5.74, 6) is 0.894. The van der Waals surface area contributed by atoms with Crippen molar-refractivity contribution in [1.29, 1.82) is 0 Å². The van der Waals surface area contributed by atoms with Crippen molar-refractivity contribution in [3.8, 4) is 0 Å². The van der Waals surface area contributed by atoms with Crippen LogP contribution in [-0.2, 0) is 22.4 Å². The van der Waals surface area contributed by atoms with Gasteiger partial charge >= 0.3 is 0 Å². The highest BCUT2D eigenvalue weighted by Crippen LogP contribution is 2.23. The first-order chi connectivity index (χ1) is 12.4. The number of amides is 2. The third kappa shape index (κ3) is 5.36. The fraction of sp³-hybridized carbons (Fsp3) is 0.421. The molecule has 1 aromatic carbocycles. The minimum Gasteiger partial charge on any atom is -0.360 e. The van der Waals surface area contributed by atoms with E-state index in [1.165, 1.54) is 11.8 Å². The Morgan fingerprint density at radius 1 is 1.19 bits per heavy atom. The van der Waals surface area contributed by atoms with Gasteiger partial charge in [-0.3, -0.25) is 9.59 Å². The van der Waals surface area contributed by atoms with Crippen LogP contribution in [0.2, 0.25) is 0 Å². The van der Waals surface area contributed by atoms with E-state index in [0.29, 0.717) is 11.6 Å². The van der Waals surface area contributed by atoms with Gasteiger partial charge in [0.25, 0.3) is 0 Å². The number of nitrogens with one attached hydrogen (secondary N) is 2. The van der Waals surface area contributed by atoms with Gasteiger partial charge in [-0.25, -0.2) is 0 Å². The summed E-state index contributed by atoms with van der Waals surface area (Å²) in [6, 6.07) is 7.71. The molecule has 26 heavy (non-hydrogen) atoms. The van der Waals surface area contributed by atoms with E-state index in [1.54, 1.807) is 19.9 Å². The normalized spacial score (nSPS) is 11.8. The zero-order valence-corrected chi connectivity index (χ0v) is 16.4. The second-order valence-corrected chi connectivity index (χ2v) is 7.30. The Hall–Kier alpha value is -2.28. The fourth-order valence-electron chi connectivity index (χ4n) is 2.51. The van der Waals surface area contributed by atoms with Crippen molar-refractivity contribution in [2.24, 2.45) is 0 Å². The lowest BCUT2D eigenvalue weighted by Gasteiger charge is -2.15. The van der Waals surface area contributed by atoms with E-state index in [2.05, 4.69) is 29.6 Å². The molecule has 0 saturated heterocycles. The molecule has 2 amide bonds. The van der Waals surface area contributed by atoms with Crippen LogP contribution in [0.3, 0.4) is 0 Å². The second-order valence-electron chi connectivity index (χ2n) is 5.97. The minimum atomic E-state index is -0.384. The van der Waals surface area contributed by atoms with Crippen LogP contribution in [-0.4, -0.2) is 28.0 Å². The van der Waals surface area contributed by atoms with Crippen molar-refractivity contribution < 1.29 is 14.1 Å². The van der Waals surface area contributed by atoms with E-state index >= 15 is 0 Å². The van der Waals surface area contributed by atoms with E-state index in [9.17, 15) is 9.59 Å². The van der Waals surface area contributed by atoms with Crippen LogP contribution in [0.25, 0.3) is 0 Å². The molecule has 7 heteroatoms. The molecular weight excluding hydrogens is 350 g/mol. The lowest BCUT2D eigenvalue weighted by atomic mass is 10.0. The fourth-order valence-corrected chi connectivity index (χ4v) is 3.19. The maximum Gasteiger partial charge on any atom is 0.238 e. The van der Waals surface area contributed by atoms with Gasteiger partial charge in [-0.05, 0) is 37.8 Å². The molecule has 0 bridgehead atoms. The van der Waals surface area contributed by atoms with Gasteiger partial charge in [-0.2, -0.15) is 0 Å². The molecule has 0 aliphatic carbocycles. The highest BCUT2D eigenvalue weighted by atomic mass is 32.2. The zero-order valence-electron chi connectivity index (χ0n) is 15.6. The first kappa shape index (κ1) is 20.0. The smallest absolute Gasteiger partial charge is 0.238 e. The molecular formula is C19H25N3O3S. The topological polar surface area (TPSA) is 84.2 Å². The molecule has 1 atom stereocenters. The molecule has 1 aromatic heterocycles. The van der Waals surface area contributed by atoms with E-state index in [0.717, 1.165) is 29.7 Å². The van der Waals surface area contributed by atoms with Crippen LogP contribution in [0.5, 0.6) is 0 Å². The molecule has 6 nitrogen and oxygen atoms in total. The Kier molecular flexibility index (Phi) is 7.26. The molecule has 2 rings (SSSR count). The van der Waals surface area contributed by atoms with Gasteiger partial charge in [0.15, 0.2) is 5.82 Å². The summed E-state index contributed by atoms with van der Waals surface area (Å²) in [6.45, 7) is 7.65. The molecule has 0 radical (unpaired) electrons. The molecule has 1 unspecified atom stereocenters. The van der Waals surface area contributed by atoms with Crippen LogP contribution in [0.15, 0.2) is 28.8 Å². The summed E-state index contributed by atoms with van der Waals surface area (Å²) in [7, 11) is 0. The standard InChI is InChI=1S/C19H25N3O3S/c1-5-14-8-7-9-15(6-2)18(14)21-17(23)11-26-13(4)19(24)20-16-10-12(3)25-22-16/h7-10,13H,5-6,11H2,1-4H3,(H,21,23)(H,20,22,24). The summed E-state index contributed by atoms with van der Waals surface area (Å²) in [6.07, 6.45) is 1.71. The van der Waals surface area contributed by atoms with Gasteiger partial charge in [-0.1, -0.05) is 37.2 Å². The van der Waals surface area contributed by atoms with Gasteiger partial charge in [0.05, 0.1) is 11.0 Å². The maximum absolute atomic E-state index is 12.3. The number of rotatable bonds is 8. The van der Waals surface area contributed by atoms with Gasteiger partial charge in [0.1, 0.15) is 5.76 Å². The number of nitrogens with zero attached hydrogens (tertiary/aromatic N) is 1. The summed E-state index contributed by atoms with van der Waals surface area (Å²) in [5.41, 5.74) is 3.14. The molecule has 0 saturated carbocycles. The number of thioether (sulfide) groups is 1. The number of aromatic nitrogens is 1. The number of benzene rings is 1. The van der Waals surface area contributed by atoms with Crippen molar-refractivity contribution >= 4 is 35.1 Å². The second kappa shape index (κ2) is 9.43. The highest BCUT2D eigenvalue weighted by Gasteiger charge is 2.17. The lowest BCUT2D eigenvalue weighted by Crippen LogP contribution is -2.25. The third-order valence-electron chi connectivity index (χ3n) is 3.98. The Morgan fingerprint density at radius 3 is 2.38 bits per heavy atom. The van der Waals surface area contributed by atoms with Crippen LogP contribution in [0.1, 0.15) is 37.7 Å². The quantitative estimate of drug-likeness (QED) is 0.733. The average molecular weight is 375 g/mol. The first-order valence-corrected chi connectivity index (χ1v) is 9.75. The molecule has 0 aliphatic rings. The number of hydrogen-bond acceptors (Lipinski definition) is 5. The Bertz CT molecular complexity index is 751. The molecule has 140 valence electrons. The Balaban J connectivity index is 1.89. The SMILES string of the molecule is CCc1cccc(CC)c1NC(=O)CSC(C)C(=O)Nc1cc(C)on1. The van der Waals surface area contributed by atoms with Crippen LogP contribution >= 0.6 is 11.8 Å². The Morgan fingerprint density at radius 2 is 1.85 bits per heavy atom. The minimum absolute atomic E-state index is 0.109. The van der Waals surface area contributed by atoms with E-state index in [4.69, 9.17) is 4.52 Å². The predicted octanol–water partition coefficient (Wildman–Crippen LogP) is 3.81. The van der Waals surface area contributed by atoms with Crippen molar-refractivity contribution in [3.63, 3.8) is 0 Å². The van der Waals surface area contributed by atoms with Crippen LogP contribution < -0.4 is 10.6 Å². The van der Waals surface area contributed by atoms with Gasteiger partial charge < -0.3 is 15.2 Å².